The van der Waals surface area contributed by atoms with Crippen molar-refractivity contribution in [2.45, 2.75) is 19.5 Å². The summed E-state index contributed by atoms with van der Waals surface area (Å²) < 4.78 is 1.04. The molecule has 0 spiro atoms. The van der Waals surface area contributed by atoms with E-state index in [1.54, 1.807) is 0 Å². The average molecular weight is 317 g/mol. The number of carbonyl (C=O) groups excluding carboxylic acids is 1. The number of hydrogen-bond acceptors (Lipinski definition) is 3. The summed E-state index contributed by atoms with van der Waals surface area (Å²) in [6.45, 7) is 2.62. The number of benzene rings is 1. The molecule has 1 aromatic carbocycles. The summed E-state index contributed by atoms with van der Waals surface area (Å²) in [6.07, 6.45) is 0. The van der Waals surface area contributed by atoms with Gasteiger partial charge in [-0.3, -0.25) is 10.1 Å². The summed E-state index contributed by atoms with van der Waals surface area (Å²) in [6, 6.07) is 5.83. The van der Waals surface area contributed by atoms with E-state index in [2.05, 4.69) is 26.2 Å². The van der Waals surface area contributed by atoms with Gasteiger partial charge in [-0.15, -0.1) is 12.4 Å². The number of nitrogens with zero attached hydrogens (tertiary/aromatic N) is 2. The summed E-state index contributed by atoms with van der Waals surface area (Å²) in [5.74, 6) is 0.693. The summed E-state index contributed by atoms with van der Waals surface area (Å²) in [5, 5.41) is 2.79. The smallest absolute Gasteiger partial charge is 0.249 e. The second-order valence-electron chi connectivity index (χ2n) is 4.00. The van der Waals surface area contributed by atoms with Crippen LogP contribution in [0.2, 0.25) is 0 Å². The van der Waals surface area contributed by atoms with Crippen molar-refractivity contribution in [3.05, 3.63) is 28.2 Å². The molecule has 0 bridgehead atoms. The lowest BCUT2D eigenvalue weighted by atomic mass is 10.1. The Morgan fingerprint density at radius 2 is 2.29 bits per heavy atom. The molecule has 1 N–H and O–H groups in total. The number of nitrogens with one attached hydrogen (secondary N) is 1. The number of aliphatic imine (C=N–C) groups is 1. The van der Waals surface area contributed by atoms with E-state index in [1.807, 2.05) is 30.0 Å². The van der Waals surface area contributed by atoms with Crippen molar-refractivity contribution in [2.75, 3.05) is 0 Å². The van der Waals surface area contributed by atoms with Crippen molar-refractivity contribution in [2.24, 2.45) is 4.99 Å². The first-order chi connectivity index (χ1) is 7.65. The molecule has 1 atom stereocenters. The molecule has 2 aliphatic heterocycles. The Hall–Kier alpha value is -1.07. The standard InChI is InChI=1S/C11H10BrN3O.ClH/c1-6-10(16)14-11-13-9-3-2-8(12)4-7(9)5-15(6)11;/h2-4,6H,5H2,1H3,(H,13,14,16);1H. The van der Waals surface area contributed by atoms with Gasteiger partial charge in [0.1, 0.15) is 6.04 Å². The molecule has 2 heterocycles. The van der Waals surface area contributed by atoms with Crippen LogP contribution in [0.25, 0.3) is 0 Å². The zero-order valence-corrected chi connectivity index (χ0v) is 11.5. The van der Waals surface area contributed by atoms with Crippen LogP contribution in [0.5, 0.6) is 0 Å². The minimum atomic E-state index is -0.133. The van der Waals surface area contributed by atoms with Crippen LogP contribution in [-0.2, 0) is 11.3 Å². The first kappa shape index (κ1) is 12.4. The van der Waals surface area contributed by atoms with Crippen molar-refractivity contribution in [3.8, 4) is 0 Å². The molecular formula is C11H11BrClN3O. The van der Waals surface area contributed by atoms with Crippen molar-refractivity contribution < 1.29 is 4.79 Å². The highest BCUT2D eigenvalue weighted by Gasteiger charge is 2.35. The van der Waals surface area contributed by atoms with E-state index in [1.165, 1.54) is 0 Å². The molecule has 1 unspecified atom stereocenters. The van der Waals surface area contributed by atoms with Crippen molar-refractivity contribution >= 4 is 45.9 Å². The van der Waals surface area contributed by atoms with Crippen LogP contribution in [-0.4, -0.2) is 22.8 Å². The van der Waals surface area contributed by atoms with Gasteiger partial charge in [-0.1, -0.05) is 15.9 Å². The third kappa shape index (κ3) is 1.93. The highest BCUT2D eigenvalue weighted by atomic mass is 79.9. The van der Waals surface area contributed by atoms with Gasteiger partial charge in [0.05, 0.1) is 5.69 Å². The molecule has 0 radical (unpaired) electrons. The van der Waals surface area contributed by atoms with Gasteiger partial charge in [0, 0.05) is 11.0 Å². The van der Waals surface area contributed by atoms with Gasteiger partial charge < -0.3 is 4.90 Å². The largest absolute Gasteiger partial charge is 0.326 e. The molecule has 1 amide bonds. The van der Waals surface area contributed by atoms with Gasteiger partial charge in [0.25, 0.3) is 0 Å². The fourth-order valence-corrected chi connectivity index (χ4v) is 2.41. The third-order valence-corrected chi connectivity index (χ3v) is 3.46. The Morgan fingerprint density at radius 1 is 1.53 bits per heavy atom. The van der Waals surface area contributed by atoms with Crippen molar-refractivity contribution in [1.29, 1.82) is 0 Å². The monoisotopic (exact) mass is 315 g/mol. The summed E-state index contributed by atoms with van der Waals surface area (Å²) >= 11 is 3.44. The van der Waals surface area contributed by atoms with Gasteiger partial charge in [-0.05, 0) is 30.7 Å². The second-order valence-corrected chi connectivity index (χ2v) is 4.92. The maximum atomic E-state index is 11.5. The fourth-order valence-electron chi connectivity index (χ4n) is 2.00. The van der Waals surface area contributed by atoms with E-state index in [0.29, 0.717) is 5.96 Å². The number of hydrogen-bond donors (Lipinski definition) is 1. The molecule has 2 aliphatic rings. The molecule has 90 valence electrons. The summed E-state index contributed by atoms with van der Waals surface area (Å²) in [4.78, 5) is 17.9. The topological polar surface area (TPSA) is 44.7 Å². The minimum Gasteiger partial charge on any atom is -0.326 e. The molecule has 0 aromatic heterocycles. The van der Waals surface area contributed by atoms with Gasteiger partial charge in [0.15, 0.2) is 0 Å². The maximum absolute atomic E-state index is 11.5. The molecule has 6 heteroatoms. The van der Waals surface area contributed by atoms with E-state index in [9.17, 15) is 4.79 Å². The number of guanidine groups is 1. The van der Waals surface area contributed by atoms with E-state index >= 15 is 0 Å². The van der Waals surface area contributed by atoms with E-state index in [-0.39, 0.29) is 24.4 Å². The first-order valence-electron chi connectivity index (χ1n) is 5.10. The Bertz CT molecular complexity index is 517. The van der Waals surface area contributed by atoms with Crippen LogP contribution in [0.3, 0.4) is 0 Å². The minimum absolute atomic E-state index is 0. The normalized spacial score (nSPS) is 21.1. The number of rotatable bonds is 0. The molecule has 1 saturated heterocycles. The molecule has 1 fully saturated rings. The van der Waals surface area contributed by atoms with Crippen molar-refractivity contribution in [1.82, 2.24) is 10.2 Å². The highest BCUT2D eigenvalue weighted by molar-refractivity contribution is 9.10. The van der Waals surface area contributed by atoms with Crippen LogP contribution in [0.15, 0.2) is 27.7 Å². The molecule has 4 nitrogen and oxygen atoms in total. The van der Waals surface area contributed by atoms with Gasteiger partial charge in [-0.25, -0.2) is 4.99 Å². The first-order valence-corrected chi connectivity index (χ1v) is 5.89. The lowest BCUT2D eigenvalue weighted by molar-refractivity contribution is -0.121. The maximum Gasteiger partial charge on any atom is 0.249 e. The molecule has 0 saturated carbocycles. The van der Waals surface area contributed by atoms with Gasteiger partial charge in [-0.2, -0.15) is 0 Å². The van der Waals surface area contributed by atoms with Crippen molar-refractivity contribution in [3.63, 3.8) is 0 Å². The van der Waals surface area contributed by atoms with E-state index in [0.717, 1.165) is 22.3 Å². The lowest BCUT2D eigenvalue weighted by Crippen LogP contribution is -2.35. The van der Waals surface area contributed by atoms with Crippen LogP contribution in [0.1, 0.15) is 12.5 Å². The second kappa shape index (κ2) is 4.31. The van der Waals surface area contributed by atoms with Gasteiger partial charge in [0.2, 0.25) is 11.9 Å². The zero-order valence-electron chi connectivity index (χ0n) is 9.11. The third-order valence-electron chi connectivity index (χ3n) is 2.96. The number of amides is 1. The molecular weight excluding hydrogens is 305 g/mol. The average Bonchev–Trinajstić information content (AvgIpc) is 2.52. The fraction of sp³-hybridized carbons (Fsp3) is 0.273. The molecule has 0 aliphatic carbocycles. The SMILES string of the molecule is CC1C(=O)NC2=Nc3ccc(Br)cc3CN21.Cl. The van der Waals surface area contributed by atoms with E-state index < -0.39 is 0 Å². The predicted molar refractivity (Wildman–Crippen MR) is 71.6 cm³/mol. The van der Waals surface area contributed by atoms with Crippen LogP contribution in [0.4, 0.5) is 5.69 Å². The molecule has 1 aromatic rings. The Labute approximate surface area is 114 Å². The Balaban J connectivity index is 0.00000108. The Morgan fingerprint density at radius 3 is 3.06 bits per heavy atom. The lowest BCUT2D eigenvalue weighted by Gasteiger charge is -2.26. The summed E-state index contributed by atoms with van der Waals surface area (Å²) in [7, 11) is 0. The van der Waals surface area contributed by atoms with Crippen LogP contribution >= 0.6 is 28.3 Å². The Kier molecular flexibility index (Phi) is 3.14. The van der Waals surface area contributed by atoms with Gasteiger partial charge >= 0.3 is 0 Å². The number of halogens is 2. The quantitative estimate of drug-likeness (QED) is 0.797. The number of carbonyl (C=O) groups is 1. The molecule has 17 heavy (non-hydrogen) atoms. The highest BCUT2D eigenvalue weighted by Crippen LogP contribution is 2.30. The summed E-state index contributed by atoms with van der Waals surface area (Å²) in [5.41, 5.74) is 2.07. The predicted octanol–water partition coefficient (Wildman–Crippen LogP) is 2.19. The zero-order chi connectivity index (χ0) is 11.3. The van der Waals surface area contributed by atoms with Crippen LogP contribution in [0, 0.1) is 0 Å². The van der Waals surface area contributed by atoms with E-state index in [4.69, 9.17) is 0 Å². The molecule has 3 rings (SSSR count). The van der Waals surface area contributed by atoms with Crippen LogP contribution < -0.4 is 5.32 Å². The number of fused-ring (bicyclic) bond motifs is 2.